The van der Waals surface area contributed by atoms with E-state index in [1.165, 1.54) is 25.3 Å². The van der Waals surface area contributed by atoms with Crippen molar-refractivity contribution in [1.29, 1.82) is 0 Å². The number of alkyl carbamates (subject to hydrolysis) is 1. The molecule has 6 nitrogen and oxygen atoms in total. The summed E-state index contributed by atoms with van der Waals surface area (Å²) in [7, 11) is 1.45. The van der Waals surface area contributed by atoms with Crippen molar-refractivity contribution in [3.63, 3.8) is 0 Å². The third kappa shape index (κ3) is 5.78. The van der Waals surface area contributed by atoms with Crippen molar-refractivity contribution in [2.24, 2.45) is 0 Å². The fourth-order valence-corrected chi connectivity index (χ4v) is 4.35. The molecule has 3 rings (SSSR count). The van der Waals surface area contributed by atoms with Crippen molar-refractivity contribution in [1.82, 2.24) is 10.6 Å². The lowest BCUT2D eigenvalue weighted by atomic mass is 9.68. The first-order valence-corrected chi connectivity index (χ1v) is 11.1. The fourth-order valence-electron chi connectivity index (χ4n) is 4.35. The van der Waals surface area contributed by atoms with Gasteiger partial charge in [0.05, 0.1) is 12.7 Å². The molecule has 2 amide bonds. The van der Waals surface area contributed by atoms with E-state index in [4.69, 9.17) is 9.47 Å². The molecule has 32 heavy (non-hydrogen) atoms. The van der Waals surface area contributed by atoms with Gasteiger partial charge in [-0.3, -0.25) is 4.79 Å². The second-order valence-corrected chi connectivity index (χ2v) is 8.22. The first-order valence-electron chi connectivity index (χ1n) is 11.1. The Labute approximate surface area is 188 Å². The number of hydrogen-bond donors (Lipinski definition) is 2. The van der Waals surface area contributed by atoms with Gasteiger partial charge in [-0.2, -0.15) is 0 Å². The van der Waals surface area contributed by atoms with Crippen molar-refractivity contribution in [2.45, 2.75) is 50.5 Å². The summed E-state index contributed by atoms with van der Waals surface area (Å²) in [5.41, 5.74) is 0.831. The van der Waals surface area contributed by atoms with E-state index in [9.17, 15) is 14.0 Å². The Morgan fingerprint density at radius 3 is 2.66 bits per heavy atom. The van der Waals surface area contributed by atoms with Crippen LogP contribution in [-0.4, -0.2) is 38.3 Å². The van der Waals surface area contributed by atoms with Gasteiger partial charge in [0.15, 0.2) is 0 Å². The second kappa shape index (κ2) is 11.0. The molecule has 1 aliphatic carbocycles. The highest BCUT2D eigenvalue weighted by Gasteiger charge is 2.39. The lowest BCUT2D eigenvalue weighted by molar-refractivity contribution is 0.0486. The number of halogens is 1. The molecule has 7 heteroatoms. The quantitative estimate of drug-likeness (QED) is 0.627. The molecular weight excluding hydrogens is 411 g/mol. The predicted octanol–water partition coefficient (Wildman–Crippen LogP) is 4.58. The van der Waals surface area contributed by atoms with Crippen molar-refractivity contribution >= 4 is 12.0 Å². The molecule has 0 aliphatic heterocycles. The molecule has 2 atom stereocenters. The van der Waals surface area contributed by atoms with Crippen LogP contribution in [0.5, 0.6) is 5.75 Å². The summed E-state index contributed by atoms with van der Waals surface area (Å²) in [6, 6.07) is 13.8. The number of nitrogens with one attached hydrogen (secondary N) is 2. The summed E-state index contributed by atoms with van der Waals surface area (Å²) >= 11 is 0. The van der Waals surface area contributed by atoms with Crippen LogP contribution in [0.4, 0.5) is 9.18 Å². The monoisotopic (exact) mass is 442 g/mol. The Morgan fingerprint density at radius 1 is 1.16 bits per heavy atom. The molecule has 1 fully saturated rings. The van der Waals surface area contributed by atoms with Crippen molar-refractivity contribution in [3.05, 3.63) is 65.5 Å². The van der Waals surface area contributed by atoms with Gasteiger partial charge >= 0.3 is 6.09 Å². The average Bonchev–Trinajstić information content (AvgIpc) is 2.82. The molecule has 1 aliphatic rings. The van der Waals surface area contributed by atoms with Crippen LogP contribution in [0.25, 0.3) is 0 Å². The van der Waals surface area contributed by atoms with Crippen LogP contribution in [0, 0.1) is 5.82 Å². The zero-order valence-electron chi connectivity index (χ0n) is 18.7. The van der Waals surface area contributed by atoms with Crippen LogP contribution >= 0.6 is 0 Å². The van der Waals surface area contributed by atoms with Crippen LogP contribution in [0.1, 0.15) is 54.9 Å². The van der Waals surface area contributed by atoms with E-state index in [-0.39, 0.29) is 11.7 Å². The number of benzene rings is 2. The molecule has 0 unspecified atom stereocenters. The average molecular weight is 443 g/mol. The van der Waals surface area contributed by atoms with Crippen LogP contribution in [-0.2, 0) is 10.2 Å². The minimum Gasteiger partial charge on any atom is -0.496 e. The smallest absolute Gasteiger partial charge is 0.407 e. The molecule has 0 radical (unpaired) electrons. The molecule has 0 heterocycles. The Bertz CT molecular complexity index is 921. The molecular formula is C25H31FN2O4. The number of methoxy groups -OCH3 is 1. The number of carbonyl (C=O) groups excluding carboxylic acids is 2. The SMILES string of the molecule is CCCNC(=O)O[C@H]1CCC[C@@](CNC(=O)c2cc(F)ccc2OC)(c2ccccc2)C1. The summed E-state index contributed by atoms with van der Waals surface area (Å²) < 4.78 is 24.7. The highest BCUT2D eigenvalue weighted by Crippen LogP contribution is 2.40. The van der Waals surface area contributed by atoms with E-state index in [1.54, 1.807) is 0 Å². The van der Waals surface area contributed by atoms with E-state index in [2.05, 4.69) is 10.6 Å². The highest BCUT2D eigenvalue weighted by atomic mass is 19.1. The first kappa shape index (κ1) is 23.6. The lowest BCUT2D eigenvalue weighted by Gasteiger charge is -2.41. The molecule has 2 aromatic rings. The van der Waals surface area contributed by atoms with Crippen LogP contribution in [0.3, 0.4) is 0 Å². The Hall–Kier alpha value is -3.09. The van der Waals surface area contributed by atoms with Crippen LogP contribution < -0.4 is 15.4 Å². The van der Waals surface area contributed by atoms with E-state index < -0.39 is 23.2 Å². The summed E-state index contributed by atoms with van der Waals surface area (Å²) in [5.74, 6) is -0.589. The van der Waals surface area contributed by atoms with E-state index in [0.717, 1.165) is 31.2 Å². The van der Waals surface area contributed by atoms with Gasteiger partial charge in [-0.25, -0.2) is 9.18 Å². The van der Waals surface area contributed by atoms with Gasteiger partial charge in [0.25, 0.3) is 5.91 Å². The highest BCUT2D eigenvalue weighted by molar-refractivity contribution is 5.97. The standard InChI is InChI=1S/C25H31FN2O4/c1-3-14-27-24(30)32-20-10-7-13-25(16-20,18-8-5-4-6-9-18)17-28-23(29)21-15-19(26)11-12-22(21)31-2/h4-6,8-9,11-12,15,20H,3,7,10,13-14,16-17H2,1-2H3,(H,27,30)(H,28,29)/t20-,25+/m0/s1. The Morgan fingerprint density at radius 2 is 1.94 bits per heavy atom. The molecule has 1 saturated carbocycles. The van der Waals surface area contributed by atoms with E-state index in [0.29, 0.717) is 25.3 Å². The minimum absolute atomic E-state index is 0.151. The first-order chi connectivity index (χ1) is 15.5. The molecule has 172 valence electrons. The summed E-state index contributed by atoms with van der Waals surface area (Å²) in [6.07, 6.45) is 3.25. The van der Waals surface area contributed by atoms with Gasteiger partial charge in [-0.1, -0.05) is 37.3 Å². The molecule has 0 bridgehead atoms. The van der Waals surface area contributed by atoms with Gasteiger partial charge in [-0.15, -0.1) is 0 Å². The van der Waals surface area contributed by atoms with Crippen molar-refractivity contribution in [2.75, 3.05) is 20.2 Å². The van der Waals surface area contributed by atoms with E-state index >= 15 is 0 Å². The lowest BCUT2D eigenvalue weighted by Crippen LogP contribution is -2.46. The Balaban J connectivity index is 1.78. The van der Waals surface area contributed by atoms with Crippen molar-refractivity contribution in [3.8, 4) is 5.75 Å². The summed E-state index contributed by atoms with van der Waals surface area (Å²) in [4.78, 5) is 25.0. The summed E-state index contributed by atoms with van der Waals surface area (Å²) in [5, 5.41) is 5.73. The molecule has 0 spiro atoms. The molecule has 0 aromatic heterocycles. The van der Waals surface area contributed by atoms with Gasteiger partial charge in [0.1, 0.15) is 17.7 Å². The maximum absolute atomic E-state index is 13.8. The maximum atomic E-state index is 13.8. The van der Waals surface area contributed by atoms with Gasteiger partial charge in [0, 0.05) is 18.5 Å². The van der Waals surface area contributed by atoms with Crippen molar-refractivity contribution < 1.29 is 23.5 Å². The summed E-state index contributed by atoms with van der Waals surface area (Å²) in [6.45, 7) is 2.89. The third-order valence-electron chi connectivity index (χ3n) is 5.97. The number of hydrogen-bond acceptors (Lipinski definition) is 4. The molecule has 2 aromatic carbocycles. The zero-order chi connectivity index (χ0) is 23.0. The minimum atomic E-state index is -0.502. The molecule has 0 saturated heterocycles. The van der Waals surface area contributed by atoms with Gasteiger partial charge < -0.3 is 20.1 Å². The topological polar surface area (TPSA) is 76.7 Å². The van der Waals surface area contributed by atoms with Crippen LogP contribution in [0.2, 0.25) is 0 Å². The number of rotatable bonds is 8. The molecule has 2 N–H and O–H groups in total. The van der Waals surface area contributed by atoms with Gasteiger partial charge in [0.2, 0.25) is 0 Å². The van der Waals surface area contributed by atoms with Crippen LogP contribution in [0.15, 0.2) is 48.5 Å². The number of carbonyl (C=O) groups is 2. The zero-order valence-corrected chi connectivity index (χ0v) is 18.7. The fraction of sp³-hybridized carbons (Fsp3) is 0.440. The predicted molar refractivity (Wildman–Crippen MR) is 120 cm³/mol. The Kier molecular flexibility index (Phi) is 8.09. The maximum Gasteiger partial charge on any atom is 0.407 e. The van der Waals surface area contributed by atoms with Gasteiger partial charge in [-0.05, 0) is 55.9 Å². The third-order valence-corrected chi connectivity index (χ3v) is 5.97. The normalized spacial score (nSPS) is 20.3. The van der Waals surface area contributed by atoms with E-state index in [1.807, 2.05) is 37.3 Å². The second-order valence-electron chi connectivity index (χ2n) is 8.22. The largest absolute Gasteiger partial charge is 0.496 e. The number of ether oxygens (including phenoxy) is 2. The number of amides is 2.